The number of halogens is 1. The van der Waals surface area contributed by atoms with Crippen molar-refractivity contribution in [1.82, 2.24) is 4.57 Å². The molecular formula is C23H19BrN2O3. The maximum Gasteiger partial charge on any atom is 0.338 e. The number of esters is 1. The lowest BCUT2D eigenvalue weighted by Gasteiger charge is -2.09. The number of carbonyl (C=O) groups excluding carboxylic acids is 2. The van der Waals surface area contributed by atoms with Gasteiger partial charge in [-0.05, 0) is 42.8 Å². The maximum atomic E-state index is 12.3. The lowest BCUT2D eigenvalue weighted by molar-refractivity contribution is 0.0526. The van der Waals surface area contributed by atoms with Crippen molar-refractivity contribution in [2.24, 2.45) is 5.73 Å². The molecule has 29 heavy (non-hydrogen) atoms. The Bertz CT molecular complexity index is 1250. The van der Waals surface area contributed by atoms with E-state index in [4.69, 9.17) is 10.5 Å². The quantitative estimate of drug-likeness (QED) is 0.440. The van der Waals surface area contributed by atoms with Gasteiger partial charge in [0.2, 0.25) is 5.91 Å². The summed E-state index contributed by atoms with van der Waals surface area (Å²) in [7, 11) is 0. The van der Waals surface area contributed by atoms with Crippen LogP contribution >= 0.6 is 15.9 Å². The summed E-state index contributed by atoms with van der Waals surface area (Å²) in [4.78, 5) is 24.5. The molecule has 0 spiro atoms. The molecule has 1 heterocycles. The predicted molar refractivity (Wildman–Crippen MR) is 117 cm³/mol. The molecule has 0 unspecified atom stereocenters. The van der Waals surface area contributed by atoms with Gasteiger partial charge in [0.05, 0.1) is 23.3 Å². The van der Waals surface area contributed by atoms with Gasteiger partial charge in [0.25, 0.3) is 0 Å². The number of amides is 1. The summed E-state index contributed by atoms with van der Waals surface area (Å²) < 4.78 is 8.04. The van der Waals surface area contributed by atoms with Gasteiger partial charge >= 0.3 is 5.97 Å². The van der Waals surface area contributed by atoms with Gasteiger partial charge in [-0.2, -0.15) is 0 Å². The molecular weight excluding hydrogens is 432 g/mol. The standard InChI is InChI=1S/C23H19BrN2O3/c1-2-29-23(28)15-8-9-19-17(10-15)21-18(22(25)27)11-16(24)12-20(21)26(19)13-14-6-4-3-5-7-14/h3-12H,2,13H2,1H3,(H2,25,27). The number of nitrogens with zero attached hydrogens (tertiary/aromatic N) is 1. The minimum Gasteiger partial charge on any atom is -0.462 e. The van der Waals surface area contributed by atoms with Crippen molar-refractivity contribution >= 4 is 49.6 Å². The van der Waals surface area contributed by atoms with E-state index < -0.39 is 11.9 Å². The van der Waals surface area contributed by atoms with Gasteiger partial charge in [-0.1, -0.05) is 46.3 Å². The van der Waals surface area contributed by atoms with Crippen LogP contribution in [0, 0.1) is 0 Å². The average Bonchev–Trinajstić information content (AvgIpc) is 3.01. The third-order valence-corrected chi connectivity index (χ3v) is 5.35. The maximum absolute atomic E-state index is 12.3. The molecule has 5 nitrogen and oxygen atoms in total. The molecule has 1 amide bonds. The van der Waals surface area contributed by atoms with E-state index >= 15 is 0 Å². The molecule has 4 aromatic rings. The zero-order chi connectivity index (χ0) is 20.5. The monoisotopic (exact) mass is 450 g/mol. The summed E-state index contributed by atoms with van der Waals surface area (Å²) in [6, 6.07) is 19.2. The van der Waals surface area contributed by atoms with Crippen LogP contribution in [-0.2, 0) is 11.3 Å². The zero-order valence-electron chi connectivity index (χ0n) is 15.8. The molecule has 0 aliphatic heterocycles. The Morgan fingerprint density at radius 1 is 1.03 bits per heavy atom. The first kappa shape index (κ1) is 19.2. The van der Waals surface area contributed by atoms with E-state index in [9.17, 15) is 9.59 Å². The van der Waals surface area contributed by atoms with Gasteiger partial charge in [0.15, 0.2) is 0 Å². The Morgan fingerprint density at radius 3 is 2.48 bits per heavy atom. The normalized spacial score (nSPS) is 11.1. The smallest absolute Gasteiger partial charge is 0.338 e. The molecule has 0 saturated heterocycles. The highest BCUT2D eigenvalue weighted by Gasteiger charge is 2.19. The Balaban J connectivity index is 2.04. The van der Waals surface area contributed by atoms with Crippen LogP contribution in [-0.4, -0.2) is 23.1 Å². The van der Waals surface area contributed by atoms with Gasteiger partial charge in [-0.3, -0.25) is 4.79 Å². The lowest BCUT2D eigenvalue weighted by Crippen LogP contribution is -2.11. The zero-order valence-corrected chi connectivity index (χ0v) is 17.4. The van der Waals surface area contributed by atoms with E-state index in [1.54, 1.807) is 25.1 Å². The van der Waals surface area contributed by atoms with Gasteiger partial charge in [0.1, 0.15) is 0 Å². The number of hydrogen-bond donors (Lipinski definition) is 1. The Kier molecular flexibility index (Phi) is 5.11. The predicted octanol–water partition coefficient (Wildman–Crippen LogP) is 4.88. The van der Waals surface area contributed by atoms with Gasteiger partial charge in [0, 0.05) is 27.3 Å². The highest BCUT2D eigenvalue weighted by molar-refractivity contribution is 9.10. The van der Waals surface area contributed by atoms with Crippen molar-refractivity contribution < 1.29 is 14.3 Å². The van der Waals surface area contributed by atoms with Crippen LogP contribution in [0.5, 0.6) is 0 Å². The molecule has 1 aromatic heterocycles. The van der Waals surface area contributed by atoms with Crippen LogP contribution in [0.2, 0.25) is 0 Å². The minimum absolute atomic E-state index is 0.298. The third-order valence-electron chi connectivity index (χ3n) is 4.89. The van der Waals surface area contributed by atoms with Crippen LogP contribution < -0.4 is 5.73 Å². The minimum atomic E-state index is -0.517. The molecule has 2 N–H and O–H groups in total. The first-order valence-corrected chi connectivity index (χ1v) is 10.0. The van der Waals surface area contributed by atoms with Crippen molar-refractivity contribution in [3.05, 3.63) is 81.8 Å². The molecule has 0 bridgehead atoms. The second-order valence-electron chi connectivity index (χ2n) is 6.74. The molecule has 146 valence electrons. The number of nitrogens with two attached hydrogens (primary N) is 1. The molecule has 0 saturated carbocycles. The number of fused-ring (bicyclic) bond motifs is 3. The summed E-state index contributed by atoms with van der Waals surface area (Å²) in [6.45, 7) is 2.69. The van der Waals surface area contributed by atoms with Crippen LogP contribution in [0.4, 0.5) is 0 Å². The molecule has 0 aliphatic carbocycles. The molecule has 0 fully saturated rings. The second kappa shape index (κ2) is 7.72. The van der Waals surface area contributed by atoms with Crippen molar-refractivity contribution in [1.29, 1.82) is 0 Å². The highest BCUT2D eigenvalue weighted by Crippen LogP contribution is 2.35. The number of carbonyl (C=O) groups is 2. The van der Waals surface area contributed by atoms with Gasteiger partial charge in [-0.25, -0.2) is 4.79 Å². The van der Waals surface area contributed by atoms with Crippen molar-refractivity contribution in [2.75, 3.05) is 6.61 Å². The van der Waals surface area contributed by atoms with Crippen molar-refractivity contribution in [3.8, 4) is 0 Å². The number of aromatic nitrogens is 1. The van der Waals surface area contributed by atoms with Crippen LogP contribution in [0.15, 0.2) is 65.1 Å². The van der Waals surface area contributed by atoms with Crippen LogP contribution in [0.1, 0.15) is 33.2 Å². The summed E-state index contributed by atoms with van der Waals surface area (Å²) in [5, 5.41) is 1.53. The summed E-state index contributed by atoms with van der Waals surface area (Å²) in [5.41, 5.74) is 9.45. The fourth-order valence-electron chi connectivity index (χ4n) is 3.66. The molecule has 3 aromatic carbocycles. The largest absolute Gasteiger partial charge is 0.462 e. The topological polar surface area (TPSA) is 74.3 Å². The fourth-order valence-corrected chi connectivity index (χ4v) is 4.11. The van der Waals surface area contributed by atoms with E-state index in [1.165, 1.54) is 0 Å². The molecule has 6 heteroatoms. The lowest BCUT2D eigenvalue weighted by atomic mass is 10.0. The Labute approximate surface area is 176 Å². The number of benzene rings is 3. The molecule has 0 atom stereocenters. The van der Waals surface area contributed by atoms with Gasteiger partial charge < -0.3 is 15.0 Å². The number of hydrogen-bond acceptors (Lipinski definition) is 3. The average molecular weight is 451 g/mol. The third kappa shape index (κ3) is 3.51. The fraction of sp³-hybridized carbons (Fsp3) is 0.130. The van der Waals surface area contributed by atoms with E-state index in [0.717, 1.165) is 31.8 Å². The van der Waals surface area contributed by atoms with E-state index in [1.807, 2.05) is 30.3 Å². The number of primary amides is 1. The molecule has 0 radical (unpaired) electrons. The molecule has 4 rings (SSSR count). The van der Waals surface area contributed by atoms with Crippen LogP contribution in [0.25, 0.3) is 21.8 Å². The Morgan fingerprint density at radius 2 is 1.79 bits per heavy atom. The number of rotatable bonds is 5. The summed E-state index contributed by atoms with van der Waals surface area (Å²) >= 11 is 3.49. The summed E-state index contributed by atoms with van der Waals surface area (Å²) in [5.74, 6) is -0.910. The van der Waals surface area contributed by atoms with Gasteiger partial charge in [-0.15, -0.1) is 0 Å². The van der Waals surface area contributed by atoms with Crippen molar-refractivity contribution in [3.63, 3.8) is 0 Å². The highest BCUT2D eigenvalue weighted by atomic mass is 79.9. The van der Waals surface area contributed by atoms with E-state index in [-0.39, 0.29) is 0 Å². The van der Waals surface area contributed by atoms with E-state index in [2.05, 4.69) is 32.6 Å². The molecule has 0 aliphatic rings. The summed E-state index contributed by atoms with van der Waals surface area (Å²) in [6.07, 6.45) is 0. The Hall–Kier alpha value is -3.12. The first-order valence-electron chi connectivity index (χ1n) is 9.26. The van der Waals surface area contributed by atoms with Crippen molar-refractivity contribution in [2.45, 2.75) is 13.5 Å². The number of ether oxygens (including phenoxy) is 1. The van der Waals surface area contributed by atoms with E-state index in [0.29, 0.717) is 24.3 Å². The SMILES string of the molecule is CCOC(=O)c1ccc2c(c1)c1c(C(N)=O)cc(Br)cc1n2Cc1ccccc1. The first-order chi connectivity index (χ1) is 14.0. The second-order valence-corrected chi connectivity index (χ2v) is 7.65. The van der Waals surface area contributed by atoms with Crippen LogP contribution in [0.3, 0.4) is 0 Å².